The number of nitrogens with zero attached hydrogens (tertiary/aromatic N) is 2. The first-order valence-corrected chi connectivity index (χ1v) is 5.85. The van der Waals surface area contributed by atoms with Crippen molar-refractivity contribution >= 4 is 10.9 Å². The fourth-order valence-electron chi connectivity index (χ4n) is 1.81. The molecule has 2 aromatic rings. The molecule has 0 saturated carbocycles. The zero-order chi connectivity index (χ0) is 14.2. The minimum Gasteiger partial charge on any atom is -0.311 e. The molecule has 0 fully saturated rings. The summed E-state index contributed by atoms with van der Waals surface area (Å²) < 4.78 is 38.1. The number of hydrogen-bond donors (Lipinski definition) is 1. The van der Waals surface area contributed by atoms with Crippen LogP contribution in [0.25, 0.3) is 10.9 Å². The van der Waals surface area contributed by atoms with Crippen LogP contribution in [0.15, 0.2) is 18.2 Å². The van der Waals surface area contributed by atoms with E-state index in [1.165, 1.54) is 6.07 Å². The third-order valence-electron chi connectivity index (χ3n) is 3.05. The predicted octanol–water partition coefficient (Wildman–Crippen LogP) is 3.24. The Labute approximate surface area is 108 Å². The van der Waals surface area contributed by atoms with Gasteiger partial charge in [0, 0.05) is 11.1 Å². The molecule has 0 aliphatic heterocycles. The normalized spacial score (nSPS) is 13.8. The van der Waals surface area contributed by atoms with Crippen molar-refractivity contribution in [3.05, 3.63) is 35.3 Å². The Morgan fingerprint density at radius 3 is 2.47 bits per heavy atom. The molecule has 0 bridgehead atoms. The van der Waals surface area contributed by atoms with Crippen LogP contribution in [0, 0.1) is 6.92 Å². The van der Waals surface area contributed by atoms with Crippen LogP contribution in [0.5, 0.6) is 0 Å². The molecule has 102 valence electrons. The Hall–Kier alpha value is -1.69. The van der Waals surface area contributed by atoms with Gasteiger partial charge in [-0.3, -0.25) is 0 Å². The van der Waals surface area contributed by atoms with Crippen molar-refractivity contribution in [3.63, 3.8) is 0 Å². The topological polar surface area (TPSA) is 37.8 Å². The second-order valence-electron chi connectivity index (χ2n) is 4.41. The molecule has 0 radical (unpaired) electrons. The molecule has 1 N–H and O–H groups in total. The molecule has 3 nitrogen and oxygen atoms in total. The first kappa shape index (κ1) is 13.7. The number of hydrogen-bond acceptors (Lipinski definition) is 3. The Morgan fingerprint density at radius 2 is 1.89 bits per heavy atom. The van der Waals surface area contributed by atoms with Gasteiger partial charge in [0.25, 0.3) is 0 Å². The molecule has 6 heteroatoms. The molecular weight excluding hydrogens is 255 g/mol. The fraction of sp³-hybridized carbons (Fsp3) is 0.385. The molecule has 0 amide bonds. The quantitative estimate of drug-likeness (QED) is 0.909. The van der Waals surface area contributed by atoms with E-state index in [1.54, 1.807) is 14.0 Å². The van der Waals surface area contributed by atoms with E-state index in [9.17, 15) is 13.2 Å². The minimum atomic E-state index is -4.36. The molecule has 1 aromatic carbocycles. The second-order valence-corrected chi connectivity index (χ2v) is 4.41. The van der Waals surface area contributed by atoms with Crippen LogP contribution in [0.3, 0.4) is 0 Å². The number of nitrogens with one attached hydrogen (secondary N) is 1. The first-order valence-electron chi connectivity index (χ1n) is 5.85. The smallest absolute Gasteiger partial charge is 0.311 e. The van der Waals surface area contributed by atoms with E-state index in [0.29, 0.717) is 22.4 Å². The highest BCUT2D eigenvalue weighted by molar-refractivity contribution is 5.81. The summed E-state index contributed by atoms with van der Waals surface area (Å²) in [7, 11) is 1.75. The summed E-state index contributed by atoms with van der Waals surface area (Å²) in [5.41, 5.74) is 0.302. The SMILES string of the molecule is CNC(C)c1nc(C)c2ccc(C(F)(F)F)cc2n1. The van der Waals surface area contributed by atoms with E-state index in [0.717, 1.165) is 12.1 Å². The van der Waals surface area contributed by atoms with Crippen molar-refractivity contribution in [1.29, 1.82) is 0 Å². The second kappa shape index (κ2) is 4.77. The summed E-state index contributed by atoms with van der Waals surface area (Å²) >= 11 is 0. The lowest BCUT2D eigenvalue weighted by Crippen LogP contribution is -2.16. The average molecular weight is 269 g/mol. The summed E-state index contributed by atoms with van der Waals surface area (Å²) in [6.07, 6.45) is -4.36. The molecular formula is C13H14F3N3. The van der Waals surface area contributed by atoms with Gasteiger partial charge >= 0.3 is 6.18 Å². The maximum Gasteiger partial charge on any atom is 0.416 e. The van der Waals surface area contributed by atoms with Crippen LogP contribution in [0.1, 0.15) is 30.0 Å². The molecule has 0 aliphatic carbocycles. The van der Waals surface area contributed by atoms with Crippen LogP contribution >= 0.6 is 0 Å². The predicted molar refractivity (Wildman–Crippen MR) is 66.8 cm³/mol. The first-order chi connectivity index (χ1) is 8.82. The number of halogens is 3. The van der Waals surface area contributed by atoms with Gasteiger partial charge in [-0.2, -0.15) is 13.2 Å². The highest BCUT2D eigenvalue weighted by atomic mass is 19.4. The molecule has 1 unspecified atom stereocenters. The van der Waals surface area contributed by atoms with Crippen LogP contribution in [0.4, 0.5) is 13.2 Å². The number of alkyl halides is 3. The lowest BCUT2D eigenvalue weighted by molar-refractivity contribution is -0.137. The third-order valence-corrected chi connectivity index (χ3v) is 3.05. The number of aryl methyl sites for hydroxylation is 1. The van der Waals surface area contributed by atoms with Crippen molar-refractivity contribution < 1.29 is 13.2 Å². The van der Waals surface area contributed by atoms with Crippen molar-refractivity contribution in [2.45, 2.75) is 26.1 Å². The van der Waals surface area contributed by atoms with Gasteiger partial charge in [0.2, 0.25) is 0 Å². The summed E-state index contributed by atoms with van der Waals surface area (Å²) in [6, 6.07) is 3.43. The molecule has 19 heavy (non-hydrogen) atoms. The van der Waals surface area contributed by atoms with Gasteiger partial charge in [-0.15, -0.1) is 0 Å². The maximum atomic E-state index is 12.7. The Bertz CT molecular complexity index is 608. The minimum absolute atomic E-state index is 0.113. The Morgan fingerprint density at radius 1 is 1.21 bits per heavy atom. The molecule has 0 spiro atoms. The summed E-state index contributed by atoms with van der Waals surface area (Å²) in [5, 5.41) is 3.61. The number of benzene rings is 1. The summed E-state index contributed by atoms with van der Waals surface area (Å²) in [4.78, 5) is 8.52. The van der Waals surface area contributed by atoms with Gasteiger partial charge in [-0.05, 0) is 33.0 Å². The fourth-order valence-corrected chi connectivity index (χ4v) is 1.81. The van der Waals surface area contributed by atoms with E-state index in [1.807, 2.05) is 6.92 Å². The molecule has 0 aliphatic rings. The van der Waals surface area contributed by atoms with Gasteiger partial charge < -0.3 is 5.32 Å². The lowest BCUT2D eigenvalue weighted by atomic mass is 10.1. The zero-order valence-electron chi connectivity index (χ0n) is 10.8. The van der Waals surface area contributed by atoms with Gasteiger partial charge in [0.05, 0.1) is 17.1 Å². The zero-order valence-corrected chi connectivity index (χ0v) is 10.8. The molecule has 1 atom stereocenters. The third kappa shape index (κ3) is 2.68. The average Bonchev–Trinajstić information content (AvgIpc) is 2.36. The molecule has 1 heterocycles. The highest BCUT2D eigenvalue weighted by Gasteiger charge is 2.30. The van der Waals surface area contributed by atoms with Crippen molar-refractivity contribution in [2.24, 2.45) is 0 Å². The van der Waals surface area contributed by atoms with Gasteiger partial charge in [-0.25, -0.2) is 9.97 Å². The van der Waals surface area contributed by atoms with E-state index in [4.69, 9.17) is 0 Å². The van der Waals surface area contributed by atoms with Crippen LogP contribution in [0.2, 0.25) is 0 Å². The Kier molecular flexibility index (Phi) is 3.45. The standard InChI is InChI=1S/C13H14F3N3/c1-7-10-5-4-9(13(14,15)16)6-11(10)19-12(18-7)8(2)17-3/h4-6,8,17H,1-3H3. The van der Waals surface area contributed by atoms with Crippen LogP contribution in [-0.2, 0) is 6.18 Å². The van der Waals surface area contributed by atoms with Gasteiger partial charge in [0.1, 0.15) is 5.82 Å². The highest BCUT2D eigenvalue weighted by Crippen LogP contribution is 2.31. The van der Waals surface area contributed by atoms with E-state index < -0.39 is 11.7 Å². The summed E-state index contributed by atoms with van der Waals surface area (Å²) in [6.45, 7) is 3.62. The van der Waals surface area contributed by atoms with Crippen LogP contribution < -0.4 is 5.32 Å². The van der Waals surface area contributed by atoms with Crippen molar-refractivity contribution in [2.75, 3.05) is 7.05 Å². The van der Waals surface area contributed by atoms with Crippen molar-refractivity contribution in [1.82, 2.24) is 15.3 Å². The Balaban J connectivity index is 2.63. The van der Waals surface area contributed by atoms with Gasteiger partial charge in [-0.1, -0.05) is 6.07 Å². The number of rotatable bonds is 2. The van der Waals surface area contributed by atoms with E-state index in [-0.39, 0.29) is 6.04 Å². The molecule has 1 aromatic heterocycles. The largest absolute Gasteiger partial charge is 0.416 e. The maximum absolute atomic E-state index is 12.7. The molecule has 0 saturated heterocycles. The van der Waals surface area contributed by atoms with E-state index >= 15 is 0 Å². The molecule has 2 rings (SSSR count). The monoisotopic (exact) mass is 269 g/mol. The van der Waals surface area contributed by atoms with Crippen LogP contribution in [-0.4, -0.2) is 17.0 Å². The van der Waals surface area contributed by atoms with Crippen molar-refractivity contribution in [3.8, 4) is 0 Å². The number of fused-ring (bicyclic) bond motifs is 1. The summed E-state index contributed by atoms with van der Waals surface area (Å²) in [5.74, 6) is 0.492. The van der Waals surface area contributed by atoms with E-state index in [2.05, 4.69) is 15.3 Å². The number of aromatic nitrogens is 2. The lowest BCUT2D eigenvalue weighted by Gasteiger charge is -2.12. The van der Waals surface area contributed by atoms with Gasteiger partial charge in [0.15, 0.2) is 0 Å².